The fourth-order valence-corrected chi connectivity index (χ4v) is 0.598. The van der Waals surface area contributed by atoms with Crippen LogP contribution in [0.2, 0.25) is 0 Å². The summed E-state index contributed by atoms with van der Waals surface area (Å²) in [4.78, 5) is 0. The van der Waals surface area contributed by atoms with Gasteiger partial charge in [0.05, 0.1) is 12.7 Å². The molecule has 2 nitrogen and oxygen atoms in total. The lowest BCUT2D eigenvalue weighted by molar-refractivity contribution is 0.0516. The third-order valence-corrected chi connectivity index (χ3v) is 1.81. The molecular formula is C6H12O2. The summed E-state index contributed by atoms with van der Waals surface area (Å²) in [5.74, 6) is 0. The molecule has 0 unspecified atom stereocenters. The predicted molar refractivity (Wildman–Crippen MR) is 30.8 cm³/mol. The molecule has 1 saturated heterocycles. The van der Waals surface area contributed by atoms with Gasteiger partial charge in [-0.25, -0.2) is 0 Å². The molecule has 0 N–H and O–H groups in total. The lowest BCUT2D eigenvalue weighted by atomic mass is 10.1. The average molecular weight is 116 g/mol. The van der Waals surface area contributed by atoms with E-state index in [1.165, 1.54) is 0 Å². The summed E-state index contributed by atoms with van der Waals surface area (Å²) in [5, 5.41) is 0. The summed E-state index contributed by atoms with van der Waals surface area (Å²) in [6, 6.07) is 0. The van der Waals surface area contributed by atoms with Gasteiger partial charge in [0.2, 0.25) is 0 Å². The Morgan fingerprint density at radius 3 is 2.38 bits per heavy atom. The number of rotatable bonds is 2. The van der Waals surface area contributed by atoms with E-state index in [0.717, 1.165) is 6.61 Å². The summed E-state index contributed by atoms with van der Waals surface area (Å²) in [5.41, 5.74) is 0.0365. The predicted octanol–water partition coefficient (Wildman–Crippen LogP) is 0.810. The van der Waals surface area contributed by atoms with Gasteiger partial charge in [-0.15, -0.1) is 0 Å². The van der Waals surface area contributed by atoms with Gasteiger partial charge in [0.25, 0.3) is 0 Å². The van der Waals surface area contributed by atoms with E-state index in [1.807, 2.05) is 6.92 Å². The van der Waals surface area contributed by atoms with Gasteiger partial charge >= 0.3 is 0 Å². The highest BCUT2D eigenvalue weighted by atomic mass is 16.6. The molecule has 0 bridgehead atoms. The fourth-order valence-electron chi connectivity index (χ4n) is 0.598. The van der Waals surface area contributed by atoms with Gasteiger partial charge in [-0.2, -0.15) is 0 Å². The Morgan fingerprint density at radius 1 is 1.75 bits per heavy atom. The molecule has 48 valence electrons. The molecule has 1 heterocycles. The minimum atomic E-state index is 0.0365. The molecule has 0 spiro atoms. The van der Waals surface area contributed by atoms with Crippen LogP contribution in [0.1, 0.15) is 13.8 Å². The molecule has 8 heavy (non-hydrogen) atoms. The van der Waals surface area contributed by atoms with E-state index in [4.69, 9.17) is 9.47 Å². The standard InChI is InChI=1S/C6H12O2/c1-5(7-3)6(2)4-8-6/h5H,4H2,1-3H3/t5-,6+/m1/s1. The van der Waals surface area contributed by atoms with E-state index in [-0.39, 0.29) is 11.7 Å². The smallest absolute Gasteiger partial charge is 0.114 e. The van der Waals surface area contributed by atoms with Crippen molar-refractivity contribution in [1.82, 2.24) is 0 Å². The van der Waals surface area contributed by atoms with Crippen LogP contribution in [0, 0.1) is 0 Å². The zero-order chi connectivity index (χ0) is 6.20. The summed E-state index contributed by atoms with van der Waals surface area (Å²) >= 11 is 0. The van der Waals surface area contributed by atoms with E-state index in [9.17, 15) is 0 Å². The van der Waals surface area contributed by atoms with Crippen molar-refractivity contribution in [3.8, 4) is 0 Å². The van der Waals surface area contributed by atoms with Gasteiger partial charge in [-0.05, 0) is 13.8 Å². The minimum absolute atomic E-state index is 0.0365. The Morgan fingerprint density at radius 2 is 2.25 bits per heavy atom. The SMILES string of the molecule is CO[C@H](C)[C@]1(C)CO1. The lowest BCUT2D eigenvalue weighted by Gasteiger charge is -2.12. The topological polar surface area (TPSA) is 21.8 Å². The zero-order valence-corrected chi connectivity index (χ0v) is 5.60. The van der Waals surface area contributed by atoms with E-state index >= 15 is 0 Å². The summed E-state index contributed by atoms with van der Waals surface area (Å²) in [6.07, 6.45) is 0.238. The highest BCUT2D eigenvalue weighted by Gasteiger charge is 2.44. The van der Waals surface area contributed by atoms with Crippen LogP contribution in [0.4, 0.5) is 0 Å². The second-order valence-electron chi connectivity index (χ2n) is 2.48. The molecule has 0 aliphatic carbocycles. The maximum atomic E-state index is 5.12. The molecule has 0 aromatic carbocycles. The molecule has 0 amide bonds. The van der Waals surface area contributed by atoms with Crippen LogP contribution in [0.5, 0.6) is 0 Å². The van der Waals surface area contributed by atoms with Crippen molar-refractivity contribution >= 4 is 0 Å². The summed E-state index contributed by atoms with van der Waals surface area (Å²) in [6.45, 7) is 4.93. The molecule has 0 saturated carbocycles. The van der Waals surface area contributed by atoms with Crippen molar-refractivity contribution < 1.29 is 9.47 Å². The first kappa shape index (κ1) is 6.05. The van der Waals surface area contributed by atoms with Crippen LogP contribution in [-0.4, -0.2) is 25.4 Å². The summed E-state index contributed by atoms with van der Waals surface area (Å²) < 4.78 is 10.2. The normalized spacial score (nSPS) is 39.4. The number of methoxy groups -OCH3 is 1. The Balaban J connectivity index is 2.34. The lowest BCUT2D eigenvalue weighted by Crippen LogP contribution is -2.24. The second-order valence-corrected chi connectivity index (χ2v) is 2.48. The molecule has 1 aliphatic heterocycles. The maximum Gasteiger partial charge on any atom is 0.114 e. The molecule has 2 atom stereocenters. The Hall–Kier alpha value is -0.0800. The first-order valence-corrected chi connectivity index (χ1v) is 2.86. The third kappa shape index (κ3) is 0.858. The van der Waals surface area contributed by atoms with Crippen LogP contribution < -0.4 is 0 Å². The first-order chi connectivity index (χ1) is 3.69. The molecule has 0 aromatic rings. The number of hydrogen-bond donors (Lipinski definition) is 0. The van der Waals surface area contributed by atoms with Crippen LogP contribution in [0.3, 0.4) is 0 Å². The average Bonchev–Trinajstić information content (AvgIpc) is 2.47. The van der Waals surface area contributed by atoms with E-state index < -0.39 is 0 Å². The zero-order valence-electron chi connectivity index (χ0n) is 5.60. The molecule has 1 aliphatic rings. The van der Waals surface area contributed by atoms with Crippen molar-refractivity contribution in [3.05, 3.63) is 0 Å². The van der Waals surface area contributed by atoms with E-state index in [0.29, 0.717) is 0 Å². The van der Waals surface area contributed by atoms with Gasteiger partial charge in [0.1, 0.15) is 5.60 Å². The Kier molecular flexibility index (Phi) is 1.29. The first-order valence-electron chi connectivity index (χ1n) is 2.86. The van der Waals surface area contributed by atoms with Crippen LogP contribution >= 0.6 is 0 Å². The van der Waals surface area contributed by atoms with Gasteiger partial charge in [0.15, 0.2) is 0 Å². The summed E-state index contributed by atoms with van der Waals surface area (Å²) in [7, 11) is 1.71. The second kappa shape index (κ2) is 1.71. The van der Waals surface area contributed by atoms with Gasteiger partial charge in [0, 0.05) is 7.11 Å². The van der Waals surface area contributed by atoms with Crippen LogP contribution in [0.15, 0.2) is 0 Å². The Labute approximate surface area is 49.8 Å². The van der Waals surface area contributed by atoms with Crippen molar-refractivity contribution in [2.75, 3.05) is 13.7 Å². The number of ether oxygens (including phenoxy) is 2. The van der Waals surface area contributed by atoms with Crippen LogP contribution in [0.25, 0.3) is 0 Å². The quantitative estimate of drug-likeness (QED) is 0.498. The Bertz CT molecular complexity index is 86.5. The van der Waals surface area contributed by atoms with Gasteiger partial charge in [-0.1, -0.05) is 0 Å². The van der Waals surface area contributed by atoms with Gasteiger partial charge < -0.3 is 9.47 Å². The van der Waals surface area contributed by atoms with Gasteiger partial charge in [-0.3, -0.25) is 0 Å². The molecule has 0 aromatic heterocycles. The van der Waals surface area contributed by atoms with E-state index in [1.54, 1.807) is 7.11 Å². The third-order valence-electron chi connectivity index (χ3n) is 1.81. The number of epoxide rings is 1. The van der Waals surface area contributed by atoms with Crippen molar-refractivity contribution in [3.63, 3.8) is 0 Å². The number of hydrogen-bond acceptors (Lipinski definition) is 2. The monoisotopic (exact) mass is 116 g/mol. The van der Waals surface area contributed by atoms with Crippen molar-refractivity contribution in [2.24, 2.45) is 0 Å². The van der Waals surface area contributed by atoms with E-state index in [2.05, 4.69) is 6.92 Å². The molecular weight excluding hydrogens is 104 g/mol. The molecule has 1 rings (SSSR count). The minimum Gasteiger partial charge on any atom is -0.379 e. The molecule has 1 fully saturated rings. The van der Waals surface area contributed by atoms with Crippen molar-refractivity contribution in [2.45, 2.75) is 25.6 Å². The molecule has 2 heteroatoms. The maximum absolute atomic E-state index is 5.12. The molecule has 0 radical (unpaired) electrons. The van der Waals surface area contributed by atoms with Crippen LogP contribution in [-0.2, 0) is 9.47 Å². The fraction of sp³-hybridized carbons (Fsp3) is 1.00. The largest absolute Gasteiger partial charge is 0.379 e. The highest BCUT2D eigenvalue weighted by molar-refractivity contribution is 4.92. The highest BCUT2D eigenvalue weighted by Crippen LogP contribution is 2.30. The van der Waals surface area contributed by atoms with Crippen molar-refractivity contribution in [1.29, 1.82) is 0 Å².